The van der Waals surface area contributed by atoms with Gasteiger partial charge in [0.15, 0.2) is 0 Å². The summed E-state index contributed by atoms with van der Waals surface area (Å²) in [4.78, 5) is 6.47. The number of hydrogen-bond donors (Lipinski definition) is 0. The fourth-order valence-electron chi connectivity index (χ4n) is 3.98. The Kier molecular flexibility index (Phi) is 5.69. The summed E-state index contributed by atoms with van der Waals surface area (Å²) in [5.74, 6) is 1.29. The lowest BCUT2D eigenvalue weighted by atomic mass is 10.1. The van der Waals surface area contributed by atoms with E-state index in [-0.39, 0.29) is 4.90 Å². The van der Waals surface area contributed by atoms with Gasteiger partial charge in [-0.1, -0.05) is 29.8 Å². The molecule has 2 aromatic heterocycles. The number of fused-ring (bicyclic) bond motifs is 1. The lowest BCUT2D eigenvalue weighted by molar-refractivity contribution is 0.0730. The van der Waals surface area contributed by atoms with Gasteiger partial charge in [0.05, 0.1) is 29.1 Å². The standard InChI is InChI=1S/C22H25N7O3S/c1-3-28-20-9-8-18(33(30,31)27-10-12-32-13-11-27)14-19(20)23-21(28)15-29-25-22(24-26-29)17-6-4-16(2)5-7-17/h4-9,14H,3,10-13,15H2,1-2H3. The second-order valence-corrected chi connectivity index (χ2v) is 9.89. The summed E-state index contributed by atoms with van der Waals surface area (Å²) in [5, 5.41) is 12.8. The number of morpholine rings is 1. The smallest absolute Gasteiger partial charge is 0.243 e. The van der Waals surface area contributed by atoms with Gasteiger partial charge in [0.2, 0.25) is 15.8 Å². The molecule has 5 rings (SSSR count). The van der Waals surface area contributed by atoms with Gasteiger partial charge >= 0.3 is 0 Å². The molecule has 0 atom stereocenters. The van der Waals surface area contributed by atoms with Crippen molar-refractivity contribution >= 4 is 21.1 Å². The van der Waals surface area contributed by atoms with Gasteiger partial charge < -0.3 is 9.30 Å². The molecular formula is C22H25N7O3S. The number of rotatable bonds is 6. The van der Waals surface area contributed by atoms with Crippen molar-refractivity contribution in [2.75, 3.05) is 26.3 Å². The van der Waals surface area contributed by atoms with Crippen LogP contribution in [0.3, 0.4) is 0 Å². The summed E-state index contributed by atoms with van der Waals surface area (Å²) in [7, 11) is -3.59. The number of ether oxygens (including phenoxy) is 1. The maximum absolute atomic E-state index is 13.0. The predicted octanol–water partition coefficient (Wildman–Crippen LogP) is 2.09. The molecule has 0 saturated carbocycles. The lowest BCUT2D eigenvalue weighted by Crippen LogP contribution is -2.40. The van der Waals surface area contributed by atoms with E-state index in [2.05, 4.69) is 15.4 Å². The Morgan fingerprint density at radius 1 is 1.06 bits per heavy atom. The molecule has 11 heteroatoms. The zero-order valence-electron chi connectivity index (χ0n) is 18.5. The Morgan fingerprint density at radius 3 is 2.55 bits per heavy atom. The van der Waals surface area contributed by atoms with Gasteiger partial charge in [-0.2, -0.15) is 9.10 Å². The molecule has 0 amide bonds. The number of imidazole rings is 1. The highest BCUT2D eigenvalue weighted by atomic mass is 32.2. The second kappa shape index (κ2) is 8.65. The molecule has 2 aromatic carbocycles. The highest BCUT2D eigenvalue weighted by Crippen LogP contribution is 2.24. The molecule has 172 valence electrons. The molecular weight excluding hydrogens is 442 g/mol. The first kappa shape index (κ1) is 21.7. The molecule has 0 N–H and O–H groups in total. The first-order valence-corrected chi connectivity index (χ1v) is 12.3. The van der Waals surface area contributed by atoms with E-state index in [0.29, 0.717) is 50.7 Å². The summed E-state index contributed by atoms with van der Waals surface area (Å²) in [5.41, 5.74) is 3.55. The Hall–Kier alpha value is -3.15. The molecule has 0 unspecified atom stereocenters. The zero-order valence-corrected chi connectivity index (χ0v) is 19.4. The Labute approximate surface area is 191 Å². The van der Waals surface area contributed by atoms with E-state index in [0.717, 1.165) is 22.5 Å². The highest BCUT2D eigenvalue weighted by molar-refractivity contribution is 7.89. The van der Waals surface area contributed by atoms with E-state index in [1.165, 1.54) is 9.10 Å². The third kappa shape index (κ3) is 4.14. The summed E-state index contributed by atoms with van der Waals surface area (Å²) >= 11 is 0. The first-order valence-electron chi connectivity index (χ1n) is 10.9. The number of nitrogens with zero attached hydrogens (tertiary/aromatic N) is 7. The minimum absolute atomic E-state index is 0.241. The summed E-state index contributed by atoms with van der Waals surface area (Å²) in [6.45, 7) is 6.59. The SMILES string of the molecule is CCn1c(Cn2nnc(-c3ccc(C)cc3)n2)nc2cc(S(=O)(=O)N3CCOCC3)ccc21. The molecule has 10 nitrogen and oxygen atoms in total. The molecule has 0 bridgehead atoms. The van der Waals surface area contributed by atoms with Crippen LogP contribution in [-0.2, 0) is 27.8 Å². The average molecular weight is 468 g/mol. The summed E-state index contributed by atoms with van der Waals surface area (Å²) < 4.78 is 34.9. The maximum Gasteiger partial charge on any atom is 0.243 e. The van der Waals surface area contributed by atoms with Crippen molar-refractivity contribution < 1.29 is 13.2 Å². The fraction of sp³-hybridized carbons (Fsp3) is 0.364. The van der Waals surface area contributed by atoms with Gasteiger partial charge in [-0.15, -0.1) is 10.2 Å². The van der Waals surface area contributed by atoms with E-state index in [1.54, 1.807) is 12.1 Å². The van der Waals surface area contributed by atoms with Gasteiger partial charge in [0.1, 0.15) is 12.4 Å². The molecule has 33 heavy (non-hydrogen) atoms. The largest absolute Gasteiger partial charge is 0.379 e. The fourth-order valence-corrected chi connectivity index (χ4v) is 5.41. The van der Waals surface area contributed by atoms with Crippen LogP contribution < -0.4 is 0 Å². The Balaban J connectivity index is 1.45. The monoisotopic (exact) mass is 467 g/mol. The van der Waals surface area contributed by atoms with Crippen LogP contribution in [-0.4, -0.2) is 68.8 Å². The van der Waals surface area contributed by atoms with Gasteiger partial charge in [-0.05, 0) is 37.3 Å². The van der Waals surface area contributed by atoms with Gasteiger partial charge in [-0.25, -0.2) is 13.4 Å². The van der Waals surface area contributed by atoms with Crippen LogP contribution >= 0.6 is 0 Å². The van der Waals surface area contributed by atoms with Crippen LogP contribution in [0.2, 0.25) is 0 Å². The molecule has 0 spiro atoms. The lowest BCUT2D eigenvalue weighted by Gasteiger charge is -2.26. The normalized spacial score (nSPS) is 15.3. The zero-order chi connectivity index (χ0) is 23.0. The van der Waals surface area contributed by atoms with Crippen molar-refractivity contribution in [2.24, 2.45) is 0 Å². The van der Waals surface area contributed by atoms with Crippen LogP contribution in [0.4, 0.5) is 0 Å². The van der Waals surface area contributed by atoms with Crippen molar-refractivity contribution in [1.82, 2.24) is 34.1 Å². The molecule has 3 heterocycles. The van der Waals surface area contributed by atoms with E-state index >= 15 is 0 Å². The van der Waals surface area contributed by atoms with Crippen molar-refractivity contribution in [3.63, 3.8) is 0 Å². The molecule has 1 fully saturated rings. The van der Waals surface area contributed by atoms with E-state index in [4.69, 9.17) is 9.72 Å². The molecule has 1 aliphatic heterocycles. The van der Waals surface area contributed by atoms with Crippen LogP contribution in [0.25, 0.3) is 22.4 Å². The quantitative estimate of drug-likeness (QED) is 0.427. The number of aryl methyl sites for hydroxylation is 2. The molecule has 4 aromatic rings. The van der Waals surface area contributed by atoms with Gasteiger partial charge in [0.25, 0.3) is 0 Å². The highest BCUT2D eigenvalue weighted by Gasteiger charge is 2.27. The van der Waals surface area contributed by atoms with Crippen molar-refractivity contribution in [3.8, 4) is 11.4 Å². The number of benzene rings is 2. The maximum atomic E-state index is 13.0. The van der Waals surface area contributed by atoms with Crippen molar-refractivity contribution in [1.29, 1.82) is 0 Å². The van der Waals surface area contributed by atoms with Gasteiger partial charge in [0, 0.05) is 25.2 Å². The van der Waals surface area contributed by atoms with E-state index < -0.39 is 10.0 Å². The molecule has 1 aliphatic rings. The number of tetrazole rings is 1. The second-order valence-electron chi connectivity index (χ2n) is 7.95. The first-order chi connectivity index (χ1) is 16.0. The van der Waals surface area contributed by atoms with Gasteiger partial charge in [-0.3, -0.25) is 0 Å². The van der Waals surface area contributed by atoms with Crippen molar-refractivity contribution in [3.05, 3.63) is 53.9 Å². The summed E-state index contributed by atoms with van der Waals surface area (Å²) in [6.07, 6.45) is 0. The van der Waals surface area contributed by atoms with Crippen LogP contribution in [0.1, 0.15) is 18.3 Å². The molecule has 1 saturated heterocycles. The molecule has 0 aliphatic carbocycles. The Bertz CT molecular complexity index is 1390. The third-order valence-electron chi connectivity index (χ3n) is 5.77. The van der Waals surface area contributed by atoms with E-state index in [9.17, 15) is 8.42 Å². The number of hydrogen-bond acceptors (Lipinski definition) is 7. The minimum atomic E-state index is -3.59. The number of sulfonamides is 1. The minimum Gasteiger partial charge on any atom is -0.379 e. The van der Waals surface area contributed by atoms with E-state index in [1.807, 2.05) is 48.7 Å². The average Bonchev–Trinajstić information content (AvgIpc) is 3.43. The topological polar surface area (TPSA) is 108 Å². The van der Waals surface area contributed by atoms with Crippen LogP contribution in [0, 0.1) is 6.92 Å². The summed E-state index contributed by atoms with van der Waals surface area (Å²) in [6, 6.07) is 13.1. The molecule has 0 radical (unpaired) electrons. The predicted molar refractivity (Wildman–Crippen MR) is 122 cm³/mol. The van der Waals surface area contributed by atoms with Crippen LogP contribution in [0.5, 0.6) is 0 Å². The Morgan fingerprint density at radius 2 is 1.82 bits per heavy atom. The number of aromatic nitrogens is 6. The van der Waals surface area contributed by atoms with Crippen LogP contribution in [0.15, 0.2) is 47.4 Å². The third-order valence-corrected chi connectivity index (χ3v) is 7.66. The van der Waals surface area contributed by atoms with Crippen molar-refractivity contribution in [2.45, 2.75) is 31.8 Å².